The third-order valence-electron chi connectivity index (χ3n) is 4.84. The average Bonchev–Trinajstić information content (AvgIpc) is 3.21. The SMILES string of the molecule is CCCCCCCCCCCC(=O)NS(=O)(=O)c1ccc(-c2nnc(SCC)o2)cc1. The molecule has 0 aliphatic carbocycles. The van der Waals surface area contributed by atoms with Gasteiger partial charge in [0, 0.05) is 12.0 Å². The first-order chi connectivity index (χ1) is 15.0. The maximum atomic E-state index is 12.5. The number of hydrogen-bond donors (Lipinski definition) is 1. The van der Waals surface area contributed by atoms with Gasteiger partial charge >= 0.3 is 0 Å². The van der Waals surface area contributed by atoms with E-state index in [9.17, 15) is 13.2 Å². The van der Waals surface area contributed by atoms with Crippen molar-refractivity contribution >= 4 is 27.7 Å². The van der Waals surface area contributed by atoms with E-state index in [2.05, 4.69) is 21.8 Å². The Morgan fingerprint density at radius 3 is 2.16 bits per heavy atom. The number of thioether (sulfide) groups is 1. The molecule has 9 heteroatoms. The fraction of sp³-hybridized carbons (Fsp3) is 0.591. The van der Waals surface area contributed by atoms with Crippen molar-refractivity contribution in [2.45, 2.75) is 88.2 Å². The van der Waals surface area contributed by atoms with Gasteiger partial charge in [-0.25, -0.2) is 13.1 Å². The fourth-order valence-corrected chi connectivity index (χ4v) is 4.64. The number of carbonyl (C=O) groups excluding carboxylic acids is 1. The molecule has 0 atom stereocenters. The van der Waals surface area contributed by atoms with Crippen LogP contribution in [0.25, 0.3) is 11.5 Å². The summed E-state index contributed by atoms with van der Waals surface area (Å²) in [5, 5.41) is 8.36. The largest absolute Gasteiger partial charge is 0.411 e. The smallest absolute Gasteiger partial charge is 0.276 e. The third kappa shape index (κ3) is 9.03. The number of sulfonamides is 1. The van der Waals surface area contributed by atoms with Gasteiger partial charge in [-0.05, 0) is 36.4 Å². The lowest BCUT2D eigenvalue weighted by molar-refractivity contribution is -0.119. The van der Waals surface area contributed by atoms with Gasteiger partial charge in [0.05, 0.1) is 4.90 Å². The molecular weight excluding hydrogens is 434 g/mol. The van der Waals surface area contributed by atoms with Crippen LogP contribution in [0.4, 0.5) is 0 Å². The Morgan fingerprint density at radius 1 is 0.935 bits per heavy atom. The van der Waals surface area contributed by atoms with Crippen LogP contribution >= 0.6 is 11.8 Å². The minimum Gasteiger partial charge on any atom is -0.411 e. The molecule has 0 aliphatic rings. The number of nitrogens with one attached hydrogen (secondary N) is 1. The lowest BCUT2D eigenvalue weighted by Crippen LogP contribution is -2.30. The summed E-state index contributed by atoms with van der Waals surface area (Å²) in [4.78, 5) is 12.1. The van der Waals surface area contributed by atoms with Crippen molar-refractivity contribution in [2.75, 3.05) is 5.75 Å². The number of amides is 1. The van der Waals surface area contributed by atoms with Gasteiger partial charge in [0.25, 0.3) is 15.2 Å². The van der Waals surface area contributed by atoms with Crippen molar-refractivity contribution in [1.82, 2.24) is 14.9 Å². The summed E-state index contributed by atoms with van der Waals surface area (Å²) < 4.78 is 32.6. The summed E-state index contributed by atoms with van der Waals surface area (Å²) in [6.45, 7) is 4.19. The number of nitrogens with zero attached hydrogens (tertiary/aromatic N) is 2. The van der Waals surface area contributed by atoms with E-state index in [-0.39, 0.29) is 11.3 Å². The van der Waals surface area contributed by atoms with Crippen molar-refractivity contribution in [3.05, 3.63) is 24.3 Å². The molecule has 2 aromatic rings. The molecule has 0 aliphatic heterocycles. The Kier molecular flexibility index (Phi) is 11.1. The third-order valence-corrected chi connectivity index (χ3v) is 6.93. The van der Waals surface area contributed by atoms with Crippen LogP contribution in [0.3, 0.4) is 0 Å². The highest BCUT2D eigenvalue weighted by atomic mass is 32.2. The van der Waals surface area contributed by atoms with Crippen LogP contribution in [-0.2, 0) is 14.8 Å². The van der Waals surface area contributed by atoms with Gasteiger partial charge in [-0.3, -0.25) is 4.79 Å². The molecule has 0 unspecified atom stereocenters. The highest BCUT2D eigenvalue weighted by Gasteiger charge is 2.18. The summed E-state index contributed by atoms with van der Waals surface area (Å²) in [6.07, 6.45) is 10.5. The van der Waals surface area contributed by atoms with Crippen LogP contribution < -0.4 is 4.72 Å². The topological polar surface area (TPSA) is 102 Å². The number of aromatic nitrogens is 2. The van der Waals surface area contributed by atoms with Crippen LogP contribution in [0.15, 0.2) is 38.8 Å². The van der Waals surface area contributed by atoms with Crippen LogP contribution in [0, 0.1) is 0 Å². The van der Waals surface area contributed by atoms with Gasteiger partial charge in [0.2, 0.25) is 11.8 Å². The van der Waals surface area contributed by atoms with Crippen molar-refractivity contribution in [2.24, 2.45) is 0 Å². The highest BCUT2D eigenvalue weighted by molar-refractivity contribution is 7.99. The van der Waals surface area contributed by atoms with E-state index in [0.717, 1.165) is 18.6 Å². The summed E-state index contributed by atoms with van der Waals surface area (Å²) >= 11 is 1.44. The number of unbranched alkanes of at least 4 members (excludes halogenated alkanes) is 8. The van der Waals surface area contributed by atoms with Crippen LogP contribution in [0.1, 0.15) is 78.1 Å². The molecule has 172 valence electrons. The molecule has 1 amide bonds. The monoisotopic (exact) mass is 467 g/mol. The first-order valence-corrected chi connectivity index (χ1v) is 13.6. The molecular formula is C22H33N3O4S2. The van der Waals surface area contributed by atoms with E-state index in [1.54, 1.807) is 12.1 Å². The molecule has 7 nitrogen and oxygen atoms in total. The second-order valence-electron chi connectivity index (χ2n) is 7.44. The summed E-state index contributed by atoms with van der Waals surface area (Å²) in [7, 11) is -3.89. The van der Waals surface area contributed by atoms with Gasteiger partial charge in [0.1, 0.15) is 0 Å². The zero-order chi connectivity index (χ0) is 22.5. The van der Waals surface area contributed by atoms with Crippen molar-refractivity contribution in [3.8, 4) is 11.5 Å². The van der Waals surface area contributed by atoms with Crippen LogP contribution in [-0.4, -0.2) is 30.3 Å². The van der Waals surface area contributed by atoms with Crippen LogP contribution in [0.5, 0.6) is 0 Å². The number of carbonyl (C=O) groups is 1. The minimum absolute atomic E-state index is 0.0272. The minimum atomic E-state index is -3.89. The maximum absolute atomic E-state index is 12.5. The van der Waals surface area contributed by atoms with E-state index >= 15 is 0 Å². The van der Waals surface area contributed by atoms with Gasteiger partial charge in [-0.2, -0.15) is 0 Å². The van der Waals surface area contributed by atoms with Gasteiger partial charge in [-0.1, -0.05) is 77.0 Å². The molecule has 0 fully saturated rings. The number of rotatable bonds is 15. The van der Waals surface area contributed by atoms with Crippen LogP contribution in [0.2, 0.25) is 0 Å². The van der Waals surface area contributed by atoms with E-state index < -0.39 is 15.9 Å². The van der Waals surface area contributed by atoms with E-state index in [4.69, 9.17) is 4.42 Å². The number of hydrogen-bond acceptors (Lipinski definition) is 7. The van der Waals surface area contributed by atoms with E-state index in [0.29, 0.717) is 23.1 Å². The Hall–Kier alpha value is -1.87. The fourth-order valence-electron chi connectivity index (χ4n) is 3.14. The highest BCUT2D eigenvalue weighted by Crippen LogP contribution is 2.24. The quantitative estimate of drug-likeness (QED) is 0.270. The molecule has 0 radical (unpaired) electrons. The van der Waals surface area contributed by atoms with Crippen molar-refractivity contribution < 1.29 is 17.6 Å². The molecule has 0 spiro atoms. The summed E-state index contributed by atoms with van der Waals surface area (Å²) in [5.74, 6) is 0.678. The Labute approximate surface area is 189 Å². The predicted molar refractivity (Wildman–Crippen MR) is 123 cm³/mol. The normalized spacial score (nSPS) is 11.5. The lowest BCUT2D eigenvalue weighted by atomic mass is 10.1. The molecule has 31 heavy (non-hydrogen) atoms. The van der Waals surface area contributed by atoms with E-state index in [1.165, 1.54) is 62.4 Å². The first kappa shape index (κ1) is 25.4. The summed E-state index contributed by atoms with van der Waals surface area (Å²) in [6, 6.07) is 6.04. The lowest BCUT2D eigenvalue weighted by Gasteiger charge is -2.07. The molecule has 0 bridgehead atoms. The molecule has 1 aromatic carbocycles. The molecule has 2 rings (SSSR count). The predicted octanol–water partition coefficient (Wildman–Crippen LogP) is 5.57. The number of benzene rings is 1. The second-order valence-corrected chi connectivity index (χ2v) is 10.3. The Balaban J connectivity index is 1.75. The van der Waals surface area contributed by atoms with Gasteiger partial charge in [-0.15, -0.1) is 10.2 Å². The van der Waals surface area contributed by atoms with E-state index in [1.807, 2.05) is 6.92 Å². The molecule has 1 aromatic heterocycles. The molecule has 1 N–H and O–H groups in total. The standard InChI is InChI=1S/C22H33N3O4S2/c1-3-5-6-7-8-9-10-11-12-13-20(26)25-31(27,28)19-16-14-18(15-17-19)21-23-24-22(29-21)30-4-2/h14-17H,3-13H2,1-2H3,(H,25,26). The van der Waals surface area contributed by atoms with Crippen molar-refractivity contribution in [1.29, 1.82) is 0 Å². The maximum Gasteiger partial charge on any atom is 0.276 e. The molecule has 0 saturated heterocycles. The summed E-state index contributed by atoms with van der Waals surface area (Å²) in [5.41, 5.74) is 0.621. The second kappa shape index (κ2) is 13.5. The molecule has 1 heterocycles. The Bertz CT molecular complexity index is 896. The van der Waals surface area contributed by atoms with Gasteiger partial charge in [0.15, 0.2) is 0 Å². The average molecular weight is 468 g/mol. The van der Waals surface area contributed by atoms with Gasteiger partial charge < -0.3 is 4.42 Å². The zero-order valence-electron chi connectivity index (χ0n) is 18.4. The zero-order valence-corrected chi connectivity index (χ0v) is 20.1. The first-order valence-electron chi connectivity index (χ1n) is 11.1. The Morgan fingerprint density at radius 2 is 1.55 bits per heavy atom. The molecule has 0 saturated carbocycles. The van der Waals surface area contributed by atoms with Crippen molar-refractivity contribution in [3.63, 3.8) is 0 Å².